The van der Waals surface area contributed by atoms with Gasteiger partial charge in [0.25, 0.3) is 0 Å². The molecule has 0 aliphatic carbocycles. The third-order valence-electron chi connectivity index (χ3n) is 3.36. The van der Waals surface area contributed by atoms with Crippen LogP contribution in [-0.4, -0.2) is 19.7 Å². The normalized spacial score (nSPS) is 13.7. The molecule has 2 N–H and O–H groups in total. The maximum Gasteiger partial charge on any atom is 0.142 e. The Morgan fingerprint density at radius 2 is 2.14 bits per heavy atom. The third kappa shape index (κ3) is 3.38. The first kappa shape index (κ1) is 14.0. The van der Waals surface area contributed by atoms with Crippen LogP contribution in [0.1, 0.15) is 16.2 Å². The van der Waals surface area contributed by atoms with Gasteiger partial charge in [-0.15, -0.1) is 11.3 Å². The van der Waals surface area contributed by atoms with Gasteiger partial charge < -0.3 is 15.4 Å². The van der Waals surface area contributed by atoms with Gasteiger partial charge >= 0.3 is 0 Å². The first-order valence-electron chi connectivity index (χ1n) is 7.11. The van der Waals surface area contributed by atoms with Crippen molar-refractivity contribution in [2.75, 3.05) is 24.6 Å². The van der Waals surface area contributed by atoms with Crippen LogP contribution in [0.2, 0.25) is 0 Å². The number of fused-ring (bicyclic) bond motifs is 1. The van der Waals surface area contributed by atoms with E-state index in [4.69, 9.17) is 10.5 Å². The molecule has 0 atom stereocenters. The average Bonchev–Trinajstić information content (AvgIpc) is 2.86. The summed E-state index contributed by atoms with van der Waals surface area (Å²) in [6.45, 7) is 3.10. The minimum absolute atomic E-state index is 0.407. The molecule has 2 heterocycles. The van der Waals surface area contributed by atoms with E-state index in [1.54, 1.807) is 11.3 Å². The summed E-state index contributed by atoms with van der Waals surface area (Å²) in [6, 6.07) is 12.5. The summed E-state index contributed by atoms with van der Waals surface area (Å²) >= 11 is 1.74. The Hall–Kier alpha value is -1.96. The lowest BCUT2D eigenvalue weighted by molar-refractivity contribution is 0.322. The molecular weight excluding hydrogens is 280 g/mol. The van der Waals surface area contributed by atoms with Gasteiger partial charge in [0.15, 0.2) is 0 Å². The van der Waals surface area contributed by atoms with Crippen molar-refractivity contribution >= 4 is 17.0 Å². The summed E-state index contributed by atoms with van der Waals surface area (Å²) in [6.07, 6.45) is 1.04. The largest absolute Gasteiger partial charge is 0.491 e. The monoisotopic (exact) mass is 298 g/mol. The van der Waals surface area contributed by atoms with Crippen molar-refractivity contribution < 1.29 is 4.74 Å². The number of nitrogens with zero attached hydrogens (tertiary/aromatic N) is 1. The highest BCUT2D eigenvalue weighted by molar-refractivity contribution is 7.12. The lowest BCUT2D eigenvalue weighted by atomic mass is 10.2. The Balaban J connectivity index is 1.79. The number of hydrogen-bond donors (Lipinski definition) is 1. The van der Waals surface area contributed by atoms with Crippen molar-refractivity contribution in [1.29, 1.82) is 0 Å². The first-order chi connectivity index (χ1) is 10.4. The topological polar surface area (TPSA) is 38.5 Å². The minimum Gasteiger partial charge on any atom is -0.491 e. The second-order valence-corrected chi connectivity index (χ2v) is 6.03. The molecule has 1 aromatic carbocycles. The van der Waals surface area contributed by atoms with Crippen LogP contribution in [-0.2, 0) is 6.54 Å². The van der Waals surface area contributed by atoms with Crippen molar-refractivity contribution in [2.24, 2.45) is 5.73 Å². The second kappa shape index (κ2) is 6.66. The Labute approximate surface area is 129 Å². The van der Waals surface area contributed by atoms with Crippen molar-refractivity contribution in [3.63, 3.8) is 0 Å². The van der Waals surface area contributed by atoms with Gasteiger partial charge in [-0.1, -0.05) is 24.0 Å². The number of hydrogen-bond acceptors (Lipinski definition) is 4. The van der Waals surface area contributed by atoms with Crippen molar-refractivity contribution in [3.8, 4) is 17.6 Å². The molecule has 0 amide bonds. The van der Waals surface area contributed by atoms with Crippen LogP contribution in [0.3, 0.4) is 0 Å². The van der Waals surface area contributed by atoms with E-state index < -0.39 is 0 Å². The molecule has 21 heavy (non-hydrogen) atoms. The molecule has 0 unspecified atom stereocenters. The van der Waals surface area contributed by atoms with Gasteiger partial charge in [-0.25, -0.2) is 0 Å². The van der Waals surface area contributed by atoms with Crippen LogP contribution in [0.15, 0.2) is 36.4 Å². The van der Waals surface area contributed by atoms with Gasteiger partial charge in [-0.3, -0.25) is 0 Å². The van der Waals surface area contributed by atoms with Gasteiger partial charge in [-0.2, -0.15) is 0 Å². The Morgan fingerprint density at radius 1 is 1.24 bits per heavy atom. The maximum absolute atomic E-state index is 5.80. The Bertz CT molecular complexity index is 669. The van der Waals surface area contributed by atoms with Crippen molar-refractivity contribution in [1.82, 2.24) is 0 Å². The lowest BCUT2D eigenvalue weighted by Crippen LogP contribution is -2.22. The molecule has 1 aliphatic rings. The first-order valence-corrected chi connectivity index (χ1v) is 7.93. The number of thiophene rings is 1. The molecule has 3 nitrogen and oxygen atoms in total. The van der Waals surface area contributed by atoms with E-state index in [0.717, 1.165) is 36.7 Å². The Morgan fingerprint density at radius 3 is 3.05 bits per heavy atom. The van der Waals surface area contributed by atoms with E-state index in [9.17, 15) is 0 Å². The molecule has 0 radical (unpaired) electrons. The number of para-hydroxylation sites is 2. The molecular formula is C17H18N2OS. The molecule has 0 fully saturated rings. The fourth-order valence-electron chi connectivity index (χ4n) is 2.42. The molecule has 0 bridgehead atoms. The molecule has 1 aromatic heterocycles. The quantitative estimate of drug-likeness (QED) is 0.867. The SMILES string of the molecule is NCC#Cc1ccc(CN2CCCOc3ccccc32)s1. The fourth-order valence-corrected chi connectivity index (χ4v) is 3.32. The van der Waals surface area contributed by atoms with E-state index in [2.05, 4.69) is 41.0 Å². The molecule has 1 aliphatic heterocycles. The number of nitrogens with two attached hydrogens (primary N) is 1. The molecule has 3 rings (SSSR count). The van der Waals surface area contributed by atoms with Crippen LogP contribution in [0.5, 0.6) is 5.75 Å². The standard InChI is InChI=1S/C17H18N2OS/c18-10-3-5-14-8-9-15(21-14)13-19-11-4-12-20-17-7-2-1-6-16(17)19/h1-2,6-9H,4,10-13,18H2. The van der Waals surface area contributed by atoms with Crippen molar-refractivity contribution in [2.45, 2.75) is 13.0 Å². The van der Waals surface area contributed by atoms with Crippen LogP contribution in [0.4, 0.5) is 5.69 Å². The highest BCUT2D eigenvalue weighted by atomic mass is 32.1. The van der Waals surface area contributed by atoms with E-state index >= 15 is 0 Å². The number of benzene rings is 1. The summed E-state index contributed by atoms with van der Waals surface area (Å²) in [5.41, 5.74) is 6.59. The average molecular weight is 298 g/mol. The maximum atomic E-state index is 5.80. The van der Waals surface area contributed by atoms with Gasteiger partial charge in [0.05, 0.1) is 30.3 Å². The summed E-state index contributed by atoms with van der Waals surface area (Å²) in [7, 11) is 0. The molecule has 0 spiro atoms. The molecule has 4 heteroatoms. The zero-order chi connectivity index (χ0) is 14.5. The van der Waals surface area contributed by atoms with Gasteiger partial charge in [-0.05, 0) is 30.7 Å². The van der Waals surface area contributed by atoms with Crippen molar-refractivity contribution in [3.05, 3.63) is 46.2 Å². The highest BCUT2D eigenvalue weighted by Crippen LogP contribution is 2.32. The zero-order valence-corrected chi connectivity index (χ0v) is 12.7. The van der Waals surface area contributed by atoms with E-state index in [1.165, 1.54) is 10.6 Å². The van der Waals surface area contributed by atoms with Gasteiger partial charge in [0.2, 0.25) is 0 Å². The predicted molar refractivity (Wildman–Crippen MR) is 87.9 cm³/mol. The smallest absolute Gasteiger partial charge is 0.142 e. The number of rotatable bonds is 2. The number of anilines is 1. The molecule has 108 valence electrons. The second-order valence-electron chi connectivity index (χ2n) is 4.86. The fraction of sp³-hybridized carbons (Fsp3) is 0.294. The minimum atomic E-state index is 0.407. The van der Waals surface area contributed by atoms with Crippen LogP contribution < -0.4 is 15.4 Å². The summed E-state index contributed by atoms with van der Waals surface area (Å²) in [5, 5.41) is 0. The predicted octanol–water partition coefficient (Wildman–Crippen LogP) is 2.85. The Kier molecular flexibility index (Phi) is 4.44. The lowest BCUT2D eigenvalue weighted by Gasteiger charge is -2.22. The summed E-state index contributed by atoms with van der Waals surface area (Å²) in [5.74, 6) is 6.98. The molecule has 0 saturated carbocycles. The van der Waals surface area contributed by atoms with Crippen LogP contribution >= 0.6 is 11.3 Å². The third-order valence-corrected chi connectivity index (χ3v) is 4.34. The molecule has 0 saturated heterocycles. The van der Waals surface area contributed by atoms with Crippen LogP contribution in [0, 0.1) is 11.8 Å². The zero-order valence-electron chi connectivity index (χ0n) is 11.8. The number of ether oxygens (including phenoxy) is 1. The summed E-state index contributed by atoms with van der Waals surface area (Å²) < 4.78 is 5.80. The van der Waals surface area contributed by atoms with E-state index in [-0.39, 0.29) is 0 Å². The molecule has 2 aromatic rings. The van der Waals surface area contributed by atoms with Gasteiger partial charge in [0, 0.05) is 11.4 Å². The van der Waals surface area contributed by atoms with E-state index in [1.807, 2.05) is 12.1 Å². The van der Waals surface area contributed by atoms with Crippen LogP contribution in [0.25, 0.3) is 0 Å². The highest BCUT2D eigenvalue weighted by Gasteiger charge is 2.16. The van der Waals surface area contributed by atoms with Gasteiger partial charge in [0.1, 0.15) is 5.75 Å². The van der Waals surface area contributed by atoms with E-state index in [0.29, 0.717) is 6.54 Å². The summed E-state index contributed by atoms with van der Waals surface area (Å²) in [4.78, 5) is 4.77.